The first-order valence-corrected chi connectivity index (χ1v) is 3.20. The van der Waals surface area contributed by atoms with Crippen LogP contribution in [0.15, 0.2) is 0 Å². The topological polar surface area (TPSA) is 9.23 Å². The molecule has 0 radical (unpaired) electrons. The van der Waals surface area contributed by atoms with Crippen LogP contribution < -0.4 is 18.9 Å². The van der Waals surface area contributed by atoms with Crippen LogP contribution in [-0.4, -0.2) is 12.2 Å². The van der Waals surface area contributed by atoms with Crippen molar-refractivity contribution in [2.45, 2.75) is 39.7 Å². The second-order valence-corrected chi connectivity index (χ2v) is 2.96. The van der Waals surface area contributed by atoms with Gasteiger partial charge in [-0.25, -0.2) is 0 Å². The molecular weight excluding hydrogens is 107 g/mol. The fraction of sp³-hybridized carbons (Fsp3) is 1.00. The Labute approximate surface area is 71.8 Å². The predicted octanol–water partition coefficient (Wildman–Crippen LogP) is -0.672. The first-order valence-electron chi connectivity index (χ1n) is 3.20. The second kappa shape index (κ2) is 5.35. The maximum Gasteiger partial charge on any atom is 1.00 e. The summed E-state index contributed by atoms with van der Waals surface area (Å²) < 4.78 is 5.38. The number of ether oxygens (including phenoxy) is 1. The monoisotopic (exact) mass is 124 g/mol. The molecule has 0 N–H and O–H groups in total. The zero-order chi connectivity index (χ0) is 6.62. The molecule has 0 unspecified atom stereocenters. The molecule has 0 spiro atoms. The minimum Gasteiger partial charge on any atom is -1.00 e. The summed E-state index contributed by atoms with van der Waals surface area (Å²) in [6.45, 7) is 9.21. The molecular formula is C7H17LiO. The average Bonchev–Trinajstić information content (AvgIpc) is 1.59. The maximum atomic E-state index is 5.38. The molecule has 0 amide bonds. The zero-order valence-electron chi connectivity index (χ0n) is 8.32. The van der Waals surface area contributed by atoms with Crippen LogP contribution in [0.2, 0.25) is 0 Å². The molecule has 0 rings (SSSR count). The van der Waals surface area contributed by atoms with Crippen molar-refractivity contribution in [1.82, 2.24) is 0 Å². The van der Waals surface area contributed by atoms with Gasteiger partial charge in [0.05, 0.1) is 5.60 Å². The van der Waals surface area contributed by atoms with E-state index in [9.17, 15) is 0 Å². The molecule has 0 aliphatic carbocycles. The van der Waals surface area contributed by atoms with Crippen molar-refractivity contribution in [1.29, 1.82) is 0 Å². The molecule has 0 saturated heterocycles. The molecule has 0 heterocycles. The van der Waals surface area contributed by atoms with Gasteiger partial charge in [-0.15, -0.1) is 0 Å². The molecule has 0 aliphatic heterocycles. The van der Waals surface area contributed by atoms with E-state index in [0.717, 1.165) is 13.0 Å². The third-order valence-corrected chi connectivity index (χ3v) is 0.739. The van der Waals surface area contributed by atoms with Gasteiger partial charge in [0, 0.05) is 6.61 Å². The number of hydrogen-bond donors (Lipinski definition) is 0. The fourth-order valence-electron chi connectivity index (χ4n) is 0.408. The molecule has 0 aromatic carbocycles. The first-order chi connectivity index (χ1) is 3.56. The maximum absolute atomic E-state index is 5.38. The molecule has 0 bridgehead atoms. The smallest absolute Gasteiger partial charge is 1.00 e. The quantitative estimate of drug-likeness (QED) is 0.443. The van der Waals surface area contributed by atoms with Gasteiger partial charge in [-0.05, 0) is 27.2 Å². The Kier molecular flexibility index (Phi) is 7.29. The van der Waals surface area contributed by atoms with Gasteiger partial charge in [-0.3, -0.25) is 0 Å². The number of hydrogen-bond acceptors (Lipinski definition) is 1. The standard InChI is InChI=1S/C7H16O.Li.H/c1-5-6-8-7(2,3)4;;/h5-6H2,1-4H3;;/q;+1;-1. The molecule has 0 atom stereocenters. The van der Waals surface area contributed by atoms with E-state index in [1.807, 2.05) is 0 Å². The van der Waals surface area contributed by atoms with Crippen molar-refractivity contribution >= 4 is 0 Å². The summed E-state index contributed by atoms with van der Waals surface area (Å²) in [6, 6.07) is 0. The third kappa shape index (κ3) is 11.9. The Morgan fingerprint density at radius 3 is 1.89 bits per heavy atom. The van der Waals surface area contributed by atoms with E-state index in [0.29, 0.717) is 0 Å². The molecule has 0 aromatic rings. The Morgan fingerprint density at radius 2 is 1.78 bits per heavy atom. The van der Waals surface area contributed by atoms with Gasteiger partial charge in [0.2, 0.25) is 0 Å². The first kappa shape index (κ1) is 12.3. The summed E-state index contributed by atoms with van der Waals surface area (Å²) in [6.07, 6.45) is 1.11. The van der Waals surface area contributed by atoms with Crippen LogP contribution in [-0.2, 0) is 4.74 Å². The van der Waals surface area contributed by atoms with Gasteiger partial charge in [-0.1, -0.05) is 6.92 Å². The third-order valence-electron chi connectivity index (χ3n) is 0.739. The van der Waals surface area contributed by atoms with Crippen LogP contribution in [0.5, 0.6) is 0 Å². The van der Waals surface area contributed by atoms with Gasteiger partial charge in [0.15, 0.2) is 0 Å². The van der Waals surface area contributed by atoms with E-state index in [4.69, 9.17) is 4.74 Å². The zero-order valence-corrected chi connectivity index (χ0v) is 7.32. The van der Waals surface area contributed by atoms with E-state index in [1.54, 1.807) is 0 Å². The summed E-state index contributed by atoms with van der Waals surface area (Å²) >= 11 is 0. The summed E-state index contributed by atoms with van der Waals surface area (Å²) in [4.78, 5) is 0. The second-order valence-electron chi connectivity index (χ2n) is 2.96. The SMILES string of the molecule is CCCOC(C)(C)C.[H-].[Li+]. The molecule has 2 heteroatoms. The van der Waals surface area contributed by atoms with E-state index in [1.165, 1.54) is 0 Å². The van der Waals surface area contributed by atoms with Crippen molar-refractivity contribution < 1.29 is 25.0 Å². The molecule has 52 valence electrons. The molecule has 0 aliphatic rings. The Morgan fingerprint density at radius 1 is 1.33 bits per heavy atom. The molecule has 0 fully saturated rings. The average molecular weight is 124 g/mol. The Hall–Kier alpha value is 0.557. The van der Waals surface area contributed by atoms with Gasteiger partial charge in [0.25, 0.3) is 0 Å². The van der Waals surface area contributed by atoms with Crippen LogP contribution in [0.25, 0.3) is 0 Å². The van der Waals surface area contributed by atoms with E-state index in [2.05, 4.69) is 27.7 Å². The fourth-order valence-corrected chi connectivity index (χ4v) is 0.408. The molecule has 1 nitrogen and oxygen atoms in total. The summed E-state index contributed by atoms with van der Waals surface area (Å²) in [5.41, 5.74) is 0.0516. The van der Waals surface area contributed by atoms with Crippen LogP contribution in [0.1, 0.15) is 35.5 Å². The Balaban J connectivity index is -0.000000245. The van der Waals surface area contributed by atoms with Crippen molar-refractivity contribution in [2.75, 3.05) is 6.61 Å². The minimum absolute atomic E-state index is 0. The van der Waals surface area contributed by atoms with Crippen molar-refractivity contribution in [3.63, 3.8) is 0 Å². The molecule has 0 aromatic heterocycles. The van der Waals surface area contributed by atoms with Gasteiger partial charge < -0.3 is 6.16 Å². The normalized spacial score (nSPS) is 10.7. The summed E-state index contributed by atoms with van der Waals surface area (Å²) in [5.74, 6) is 0. The summed E-state index contributed by atoms with van der Waals surface area (Å²) in [5, 5.41) is 0. The predicted molar refractivity (Wildman–Crippen MR) is 37.1 cm³/mol. The minimum atomic E-state index is 0. The Bertz CT molecular complexity index is 61.1. The summed E-state index contributed by atoms with van der Waals surface area (Å²) in [7, 11) is 0. The molecule has 9 heavy (non-hydrogen) atoms. The largest absolute Gasteiger partial charge is 1.00 e. The van der Waals surface area contributed by atoms with Gasteiger partial charge in [-0.2, -0.15) is 0 Å². The van der Waals surface area contributed by atoms with E-state index >= 15 is 0 Å². The van der Waals surface area contributed by atoms with Crippen LogP contribution in [0, 0.1) is 0 Å². The van der Waals surface area contributed by atoms with E-state index in [-0.39, 0.29) is 25.9 Å². The van der Waals surface area contributed by atoms with Crippen molar-refractivity contribution in [3.8, 4) is 0 Å². The van der Waals surface area contributed by atoms with E-state index < -0.39 is 0 Å². The van der Waals surface area contributed by atoms with Crippen molar-refractivity contribution in [3.05, 3.63) is 0 Å². The van der Waals surface area contributed by atoms with Crippen LogP contribution in [0.4, 0.5) is 0 Å². The van der Waals surface area contributed by atoms with Crippen LogP contribution in [0.3, 0.4) is 0 Å². The van der Waals surface area contributed by atoms with Crippen LogP contribution >= 0.6 is 0 Å². The molecule has 0 saturated carbocycles. The number of rotatable bonds is 2. The van der Waals surface area contributed by atoms with Crippen molar-refractivity contribution in [2.24, 2.45) is 0 Å². The van der Waals surface area contributed by atoms with Gasteiger partial charge >= 0.3 is 18.9 Å². The van der Waals surface area contributed by atoms with Gasteiger partial charge in [0.1, 0.15) is 0 Å².